The molecule has 1 aromatic carbocycles. The molecule has 0 saturated heterocycles. The third-order valence-electron chi connectivity index (χ3n) is 4.14. The van der Waals surface area contributed by atoms with Gasteiger partial charge < -0.3 is 9.47 Å². The predicted molar refractivity (Wildman–Crippen MR) is 109 cm³/mol. The number of hydrogen-bond donors (Lipinski definition) is 0. The standard InChI is InChI=1S/C21H30Cl2O4/c1-12(2)19(16-9-8-15(22)11-17(16)23)14(4)26-20(25)13(3)10-18(24)27-21(5,6)7/h8-9,11-14,19H,10H2,1-7H3/t13-,14+,19+/m1/s1. The average Bonchev–Trinajstić information content (AvgIpc) is 2.47. The SMILES string of the molecule is CC(C)[C@H](c1ccc(Cl)cc1Cl)[C@H](C)OC(=O)[C@H](C)CC(=O)OC(C)(C)C. The molecule has 4 nitrogen and oxygen atoms in total. The van der Waals surface area contributed by atoms with Gasteiger partial charge in [0.1, 0.15) is 11.7 Å². The van der Waals surface area contributed by atoms with Crippen LogP contribution in [0.2, 0.25) is 10.0 Å². The van der Waals surface area contributed by atoms with E-state index in [2.05, 4.69) is 0 Å². The number of rotatable bonds is 7. The van der Waals surface area contributed by atoms with Crippen molar-refractivity contribution in [2.45, 2.75) is 72.5 Å². The van der Waals surface area contributed by atoms with Crippen molar-refractivity contribution in [3.8, 4) is 0 Å². The van der Waals surface area contributed by atoms with Crippen molar-refractivity contribution in [2.24, 2.45) is 11.8 Å². The van der Waals surface area contributed by atoms with Crippen LogP contribution in [0.5, 0.6) is 0 Å². The minimum Gasteiger partial charge on any atom is -0.462 e. The monoisotopic (exact) mass is 416 g/mol. The van der Waals surface area contributed by atoms with E-state index in [-0.39, 0.29) is 18.3 Å². The molecule has 0 spiro atoms. The molecule has 0 saturated carbocycles. The molecule has 3 atom stereocenters. The number of benzene rings is 1. The maximum atomic E-state index is 12.5. The molecule has 0 aliphatic carbocycles. The first kappa shape index (κ1) is 23.8. The predicted octanol–water partition coefficient (Wildman–Crippen LogP) is 6.03. The number of halogens is 2. The van der Waals surface area contributed by atoms with E-state index in [0.717, 1.165) is 5.56 Å². The molecule has 1 rings (SSSR count). The molecule has 0 heterocycles. The molecule has 6 heteroatoms. The molecule has 27 heavy (non-hydrogen) atoms. The van der Waals surface area contributed by atoms with E-state index in [4.69, 9.17) is 32.7 Å². The van der Waals surface area contributed by atoms with Crippen LogP contribution in [-0.4, -0.2) is 23.6 Å². The van der Waals surface area contributed by atoms with Crippen LogP contribution in [0.25, 0.3) is 0 Å². The lowest BCUT2D eigenvalue weighted by molar-refractivity contribution is -0.163. The van der Waals surface area contributed by atoms with Gasteiger partial charge in [0.05, 0.1) is 12.3 Å². The third-order valence-corrected chi connectivity index (χ3v) is 4.71. The van der Waals surface area contributed by atoms with Gasteiger partial charge >= 0.3 is 11.9 Å². The Bertz CT molecular complexity index is 665. The second kappa shape index (κ2) is 9.79. The van der Waals surface area contributed by atoms with Crippen molar-refractivity contribution in [1.29, 1.82) is 0 Å². The van der Waals surface area contributed by atoms with Gasteiger partial charge in [-0.05, 0) is 51.3 Å². The van der Waals surface area contributed by atoms with E-state index < -0.39 is 29.6 Å². The zero-order chi connectivity index (χ0) is 20.9. The third kappa shape index (κ3) is 7.71. The lowest BCUT2D eigenvalue weighted by atomic mass is 9.84. The smallest absolute Gasteiger partial charge is 0.309 e. The highest BCUT2D eigenvalue weighted by Gasteiger charge is 2.30. The maximum Gasteiger partial charge on any atom is 0.309 e. The molecule has 1 aromatic rings. The van der Waals surface area contributed by atoms with E-state index in [1.54, 1.807) is 39.8 Å². The second-order valence-electron chi connectivity index (χ2n) is 8.27. The summed E-state index contributed by atoms with van der Waals surface area (Å²) in [7, 11) is 0. The lowest BCUT2D eigenvalue weighted by Crippen LogP contribution is -2.31. The van der Waals surface area contributed by atoms with Crippen molar-refractivity contribution >= 4 is 35.1 Å². The topological polar surface area (TPSA) is 52.6 Å². The summed E-state index contributed by atoms with van der Waals surface area (Å²) in [4.78, 5) is 24.4. The Balaban J connectivity index is 2.82. The maximum absolute atomic E-state index is 12.5. The molecular weight excluding hydrogens is 387 g/mol. The van der Waals surface area contributed by atoms with Gasteiger partial charge in [0.25, 0.3) is 0 Å². The van der Waals surface area contributed by atoms with Crippen LogP contribution < -0.4 is 0 Å². The zero-order valence-electron chi connectivity index (χ0n) is 17.1. The van der Waals surface area contributed by atoms with Crippen LogP contribution in [0.4, 0.5) is 0 Å². The Morgan fingerprint density at radius 3 is 2.15 bits per heavy atom. The number of esters is 2. The molecular formula is C21H30Cl2O4. The Labute approximate surface area is 172 Å². The molecule has 0 N–H and O–H groups in total. The van der Waals surface area contributed by atoms with Crippen molar-refractivity contribution < 1.29 is 19.1 Å². The highest BCUT2D eigenvalue weighted by Crippen LogP contribution is 2.36. The van der Waals surface area contributed by atoms with Crippen molar-refractivity contribution in [3.63, 3.8) is 0 Å². The summed E-state index contributed by atoms with van der Waals surface area (Å²) in [6.07, 6.45) is -0.422. The Kier molecular flexibility index (Phi) is 8.62. The van der Waals surface area contributed by atoms with Gasteiger partial charge in [0.2, 0.25) is 0 Å². The summed E-state index contributed by atoms with van der Waals surface area (Å²) in [5, 5.41) is 1.10. The van der Waals surface area contributed by atoms with Gasteiger partial charge in [0.15, 0.2) is 0 Å². The van der Waals surface area contributed by atoms with Gasteiger partial charge in [-0.3, -0.25) is 9.59 Å². The van der Waals surface area contributed by atoms with Crippen LogP contribution in [0, 0.1) is 11.8 Å². The Morgan fingerprint density at radius 2 is 1.67 bits per heavy atom. The van der Waals surface area contributed by atoms with Gasteiger partial charge in [-0.15, -0.1) is 0 Å². The Hall–Kier alpha value is -1.26. The van der Waals surface area contributed by atoms with Gasteiger partial charge in [-0.1, -0.05) is 50.0 Å². The van der Waals surface area contributed by atoms with E-state index in [1.165, 1.54) is 0 Å². The number of carbonyl (C=O) groups excluding carboxylic acids is 2. The van der Waals surface area contributed by atoms with Crippen molar-refractivity contribution in [2.75, 3.05) is 0 Å². The number of carbonyl (C=O) groups is 2. The number of ether oxygens (including phenoxy) is 2. The van der Waals surface area contributed by atoms with E-state index >= 15 is 0 Å². The van der Waals surface area contributed by atoms with Gasteiger partial charge in [0, 0.05) is 16.0 Å². The van der Waals surface area contributed by atoms with Gasteiger partial charge in [-0.25, -0.2) is 0 Å². The largest absolute Gasteiger partial charge is 0.462 e. The highest BCUT2D eigenvalue weighted by atomic mass is 35.5. The lowest BCUT2D eigenvalue weighted by Gasteiger charge is -2.29. The van der Waals surface area contributed by atoms with Crippen LogP contribution in [0.1, 0.15) is 66.4 Å². The molecule has 0 amide bonds. The van der Waals surface area contributed by atoms with Crippen molar-refractivity contribution in [3.05, 3.63) is 33.8 Å². The Morgan fingerprint density at radius 1 is 1.07 bits per heavy atom. The van der Waals surface area contributed by atoms with Crippen molar-refractivity contribution in [1.82, 2.24) is 0 Å². The minimum atomic E-state index is -0.587. The summed E-state index contributed by atoms with van der Waals surface area (Å²) in [5.41, 5.74) is 0.304. The molecule has 0 bridgehead atoms. The first-order valence-electron chi connectivity index (χ1n) is 9.19. The fraction of sp³-hybridized carbons (Fsp3) is 0.619. The summed E-state index contributed by atoms with van der Waals surface area (Å²) in [6.45, 7) is 13.0. The molecule has 0 unspecified atom stereocenters. The molecule has 0 aliphatic rings. The normalized spacial score (nSPS) is 15.2. The van der Waals surface area contributed by atoms with Crippen LogP contribution in [0.15, 0.2) is 18.2 Å². The van der Waals surface area contributed by atoms with E-state index in [0.29, 0.717) is 10.0 Å². The fourth-order valence-electron chi connectivity index (χ4n) is 3.02. The van der Waals surface area contributed by atoms with E-state index in [9.17, 15) is 9.59 Å². The molecule has 0 radical (unpaired) electrons. The first-order chi connectivity index (χ1) is 12.3. The van der Waals surface area contributed by atoms with Crippen LogP contribution in [0.3, 0.4) is 0 Å². The summed E-state index contributed by atoms with van der Waals surface area (Å²) in [5.74, 6) is -1.33. The molecule has 0 aliphatic heterocycles. The summed E-state index contributed by atoms with van der Waals surface area (Å²) < 4.78 is 10.9. The summed E-state index contributed by atoms with van der Waals surface area (Å²) >= 11 is 12.3. The van der Waals surface area contributed by atoms with Gasteiger partial charge in [-0.2, -0.15) is 0 Å². The zero-order valence-corrected chi connectivity index (χ0v) is 18.6. The van der Waals surface area contributed by atoms with Crippen LogP contribution in [-0.2, 0) is 19.1 Å². The second-order valence-corrected chi connectivity index (χ2v) is 9.11. The minimum absolute atomic E-state index is 0.0170. The average molecular weight is 417 g/mol. The molecule has 0 fully saturated rings. The van der Waals surface area contributed by atoms with E-state index in [1.807, 2.05) is 26.8 Å². The number of hydrogen-bond acceptors (Lipinski definition) is 4. The van der Waals surface area contributed by atoms with Crippen LogP contribution >= 0.6 is 23.2 Å². The molecule has 0 aromatic heterocycles. The highest BCUT2D eigenvalue weighted by molar-refractivity contribution is 6.35. The quantitative estimate of drug-likeness (QED) is 0.508. The summed E-state index contributed by atoms with van der Waals surface area (Å²) in [6, 6.07) is 5.33. The fourth-order valence-corrected chi connectivity index (χ4v) is 3.55. The first-order valence-corrected chi connectivity index (χ1v) is 9.94. The molecule has 152 valence electrons.